The number of alkyl halides is 3. The van der Waals surface area contributed by atoms with Crippen LogP contribution in [0.1, 0.15) is 21.6 Å². The molecule has 0 N–H and O–H groups in total. The Morgan fingerprint density at radius 3 is 2.47 bits per heavy atom. The van der Waals surface area contributed by atoms with Gasteiger partial charge < -0.3 is 19.2 Å². The molecule has 0 fully saturated rings. The molecule has 2 aromatic heterocycles. The second-order valence-electron chi connectivity index (χ2n) is 6.72. The van der Waals surface area contributed by atoms with Gasteiger partial charge in [-0.05, 0) is 29.8 Å². The highest BCUT2D eigenvalue weighted by Crippen LogP contribution is 2.38. The van der Waals surface area contributed by atoms with E-state index in [-0.39, 0.29) is 28.7 Å². The van der Waals surface area contributed by atoms with Crippen molar-refractivity contribution >= 4 is 5.97 Å². The van der Waals surface area contributed by atoms with Crippen molar-refractivity contribution in [2.24, 2.45) is 0 Å². The number of nitrogens with zero attached hydrogens (tertiary/aromatic N) is 4. The van der Waals surface area contributed by atoms with Gasteiger partial charge in [0.1, 0.15) is 11.4 Å². The number of carboxylic acid groups (broad SMARTS) is 1. The lowest BCUT2D eigenvalue weighted by molar-refractivity contribution is -0.255. The first kappa shape index (κ1) is 21.1. The van der Waals surface area contributed by atoms with Gasteiger partial charge in [0.25, 0.3) is 5.89 Å². The lowest BCUT2D eigenvalue weighted by Crippen LogP contribution is -2.23. The maximum absolute atomic E-state index is 13.3. The fourth-order valence-electron chi connectivity index (χ4n) is 3.03. The molecule has 0 spiro atoms. The van der Waals surface area contributed by atoms with Gasteiger partial charge in [-0.2, -0.15) is 23.3 Å². The third-order valence-corrected chi connectivity index (χ3v) is 4.58. The van der Waals surface area contributed by atoms with Gasteiger partial charge in [-0.3, -0.25) is 4.68 Å². The highest BCUT2D eigenvalue weighted by atomic mass is 19.4. The van der Waals surface area contributed by atoms with Crippen molar-refractivity contribution < 1.29 is 32.3 Å². The maximum Gasteiger partial charge on any atom is 0.419 e. The van der Waals surface area contributed by atoms with Gasteiger partial charge in [0.05, 0.1) is 25.2 Å². The van der Waals surface area contributed by atoms with E-state index in [9.17, 15) is 23.1 Å². The molecule has 164 valence electrons. The van der Waals surface area contributed by atoms with Gasteiger partial charge in [-0.15, -0.1) is 0 Å². The quantitative estimate of drug-likeness (QED) is 0.451. The van der Waals surface area contributed by atoms with Crippen LogP contribution in [0.15, 0.2) is 59.3 Å². The van der Waals surface area contributed by atoms with Crippen molar-refractivity contribution in [1.29, 1.82) is 0 Å². The Labute approximate surface area is 178 Å². The molecule has 0 saturated heterocycles. The third kappa shape index (κ3) is 4.31. The summed E-state index contributed by atoms with van der Waals surface area (Å²) in [6.07, 6.45) is -3.08. The molecule has 0 atom stereocenters. The van der Waals surface area contributed by atoms with Gasteiger partial charge in [0.2, 0.25) is 5.82 Å². The van der Waals surface area contributed by atoms with E-state index in [0.717, 1.165) is 18.7 Å². The van der Waals surface area contributed by atoms with E-state index in [1.54, 1.807) is 24.3 Å². The number of carbonyl (C=O) groups excluding carboxylic acids is 1. The zero-order chi connectivity index (χ0) is 22.9. The van der Waals surface area contributed by atoms with Crippen LogP contribution in [0.3, 0.4) is 0 Å². The van der Waals surface area contributed by atoms with Crippen molar-refractivity contribution in [1.82, 2.24) is 19.9 Å². The predicted molar refractivity (Wildman–Crippen MR) is 102 cm³/mol. The number of halogens is 3. The summed E-state index contributed by atoms with van der Waals surface area (Å²) in [5, 5.41) is 18.5. The standard InChI is InChI=1S/C21H15F3N4O4/c1-31-17-7-6-14(10-15(17)21(22,23)24)19-25-18(27-32-19)13-4-2-12(3-5-13)11-28-9-8-16(26-28)20(29)30/h2-10H,11H2,1H3,(H,29,30)/p-1. The number of carbonyl (C=O) groups is 1. The van der Waals surface area contributed by atoms with Crippen LogP contribution in [0.4, 0.5) is 13.2 Å². The van der Waals surface area contributed by atoms with E-state index in [1.807, 2.05) is 0 Å². The Morgan fingerprint density at radius 2 is 1.84 bits per heavy atom. The molecule has 0 aliphatic heterocycles. The molecule has 2 heterocycles. The minimum atomic E-state index is -4.60. The largest absolute Gasteiger partial charge is 0.543 e. The molecule has 32 heavy (non-hydrogen) atoms. The molecule has 0 aliphatic carbocycles. The molecular formula is C21H14F3N4O4-. The van der Waals surface area contributed by atoms with Gasteiger partial charge in [-0.25, -0.2) is 0 Å². The van der Waals surface area contributed by atoms with E-state index >= 15 is 0 Å². The minimum absolute atomic E-state index is 0.0661. The fraction of sp³-hybridized carbons (Fsp3) is 0.143. The summed E-state index contributed by atoms with van der Waals surface area (Å²) in [4.78, 5) is 15.0. The van der Waals surface area contributed by atoms with Crippen molar-refractivity contribution in [3.05, 3.63) is 71.5 Å². The number of aromatic nitrogens is 4. The number of hydrogen-bond acceptors (Lipinski definition) is 7. The predicted octanol–water partition coefficient (Wildman–Crippen LogP) is 3.04. The molecule has 2 aromatic carbocycles. The summed E-state index contributed by atoms with van der Waals surface area (Å²) < 4.78 is 51.1. The van der Waals surface area contributed by atoms with E-state index in [2.05, 4.69) is 15.2 Å². The van der Waals surface area contributed by atoms with Crippen LogP contribution in [0.2, 0.25) is 0 Å². The molecule has 4 aromatic rings. The number of benzene rings is 2. The smallest absolute Gasteiger partial charge is 0.419 e. The molecule has 0 saturated carbocycles. The van der Waals surface area contributed by atoms with E-state index in [1.165, 1.54) is 29.1 Å². The summed E-state index contributed by atoms with van der Waals surface area (Å²) in [6, 6.07) is 11.8. The van der Waals surface area contributed by atoms with Crippen LogP contribution < -0.4 is 9.84 Å². The third-order valence-electron chi connectivity index (χ3n) is 4.58. The number of ether oxygens (including phenoxy) is 1. The number of methoxy groups -OCH3 is 1. The minimum Gasteiger partial charge on any atom is -0.543 e. The zero-order valence-corrected chi connectivity index (χ0v) is 16.5. The molecule has 0 radical (unpaired) electrons. The lowest BCUT2D eigenvalue weighted by Gasteiger charge is -2.12. The average Bonchev–Trinajstić information content (AvgIpc) is 3.43. The topological polar surface area (TPSA) is 106 Å². The summed E-state index contributed by atoms with van der Waals surface area (Å²) in [7, 11) is 1.16. The SMILES string of the molecule is COc1ccc(-c2nc(-c3ccc(Cn4ccc(C(=O)[O-])n4)cc3)no2)cc1C(F)(F)F. The van der Waals surface area contributed by atoms with Crippen molar-refractivity contribution in [3.8, 4) is 28.6 Å². The van der Waals surface area contributed by atoms with Crippen molar-refractivity contribution in [3.63, 3.8) is 0 Å². The number of rotatable bonds is 6. The second-order valence-corrected chi connectivity index (χ2v) is 6.72. The molecule has 0 bridgehead atoms. The van der Waals surface area contributed by atoms with Gasteiger partial charge in [0, 0.05) is 17.3 Å². The Hall–Kier alpha value is -4.15. The van der Waals surface area contributed by atoms with Gasteiger partial charge in [-0.1, -0.05) is 29.4 Å². The maximum atomic E-state index is 13.3. The molecule has 11 heteroatoms. The van der Waals surface area contributed by atoms with E-state index in [0.29, 0.717) is 12.1 Å². The van der Waals surface area contributed by atoms with Crippen LogP contribution in [-0.2, 0) is 12.7 Å². The Bertz CT molecular complexity index is 1260. The second kappa shape index (κ2) is 8.17. The summed E-state index contributed by atoms with van der Waals surface area (Å²) in [6.45, 7) is 0.330. The van der Waals surface area contributed by atoms with Gasteiger partial charge in [0.15, 0.2) is 0 Å². The van der Waals surface area contributed by atoms with E-state index in [4.69, 9.17) is 9.26 Å². The monoisotopic (exact) mass is 443 g/mol. The van der Waals surface area contributed by atoms with Crippen molar-refractivity contribution in [2.45, 2.75) is 12.7 Å². The Balaban J connectivity index is 1.54. The summed E-state index contributed by atoms with van der Waals surface area (Å²) in [5.41, 5.74) is 0.422. The average molecular weight is 443 g/mol. The Kier molecular flexibility index (Phi) is 5.39. The molecule has 8 nitrogen and oxygen atoms in total. The lowest BCUT2D eigenvalue weighted by atomic mass is 10.1. The molecule has 4 rings (SSSR count). The highest BCUT2D eigenvalue weighted by molar-refractivity contribution is 5.83. The Morgan fingerprint density at radius 1 is 1.12 bits per heavy atom. The summed E-state index contributed by atoms with van der Waals surface area (Å²) in [5.74, 6) is -1.52. The molecular weight excluding hydrogens is 429 g/mol. The van der Waals surface area contributed by atoms with Gasteiger partial charge >= 0.3 is 6.18 Å². The van der Waals surface area contributed by atoms with Crippen LogP contribution in [0, 0.1) is 0 Å². The zero-order valence-electron chi connectivity index (χ0n) is 16.5. The highest BCUT2D eigenvalue weighted by Gasteiger charge is 2.35. The molecule has 0 aliphatic rings. The number of aromatic carboxylic acids is 1. The number of hydrogen-bond donors (Lipinski definition) is 0. The van der Waals surface area contributed by atoms with Crippen molar-refractivity contribution in [2.75, 3.05) is 7.11 Å². The summed E-state index contributed by atoms with van der Waals surface area (Å²) >= 11 is 0. The molecule has 0 unspecified atom stereocenters. The van der Waals surface area contributed by atoms with E-state index < -0.39 is 17.7 Å². The van der Waals surface area contributed by atoms with Crippen LogP contribution >= 0.6 is 0 Å². The fourth-order valence-corrected chi connectivity index (χ4v) is 3.03. The first-order valence-corrected chi connectivity index (χ1v) is 9.18. The first-order valence-electron chi connectivity index (χ1n) is 9.18. The van der Waals surface area contributed by atoms with Crippen LogP contribution in [0.25, 0.3) is 22.8 Å². The normalized spacial score (nSPS) is 11.5. The number of carboxylic acids is 1. The van der Waals surface area contributed by atoms with Crippen LogP contribution in [-0.4, -0.2) is 33.0 Å². The van der Waals surface area contributed by atoms with Crippen LogP contribution in [0.5, 0.6) is 5.75 Å². The molecule has 0 amide bonds. The first-order chi connectivity index (χ1) is 15.2.